The van der Waals surface area contributed by atoms with Crippen molar-refractivity contribution < 1.29 is 0 Å². The van der Waals surface area contributed by atoms with Crippen molar-refractivity contribution in [2.75, 3.05) is 5.32 Å². The molecule has 19 heavy (non-hydrogen) atoms. The van der Waals surface area contributed by atoms with Crippen molar-refractivity contribution in [1.82, 2.24) is 9.97 Å². The van der Waals surface area contributed by atoms with Crippen molar-refractivity contribution in [2.45, 2.75) is 58.9 Å². The summed E-state index contributed by atoms with van der Waals surface area (Å²) < 4.78 is 0.866. The molecule has 1 fully saturated rings. The summed E-state index contributed by atoms with van der Waals surface area (Å²) in [6.45, 7) is 8.95. The Morgan fingerprint density at radius 1 is 1.26 bits per heavy atom. The number of rotatable bonds is 3. The summed E-state index contributed by atoms with van der Waals surface area (Å²) in [4.78, 5) is 9.06. The lowest BCUT2D eigenvalue weighted by Crippen LogP contribution is -2.35. The van der Waals surface area contributed by atoms with E-state index < -0.39 is 0 Å². The zero-order valence-electron chi connectivity index (χ0n) is 12.3. The predicted octanol–water partition coefficient (Wildman–Crippen LogP) is 4.60. The molecule has 2 rings (SSSR count). The monoisotopic (exact) mass is 325 g/mol. The lowest BCUT2D eigenvalue weighted by Gasteiger charge is -2.35. The molecule has 0 aromatic carbocycles. The molecule has 0 saturated heterocycles. The van der Waals surface area contributed by atoms with Crippen LogP contribution >= 0.6 is 15.9 Å². The van der Waals surface area contributed by atoms with Crippen LogP contribution in [0.1, 0.15) is 58.7 Å². The van der Waals surface area contributed by atoms with E-state index in [0.717, 1.165) is 22.2 Å². The molecular weight excluding hydrogens is 302 g/mol. The van der Waals surface area contributed by atoms with Gasteiger partial charge in [0.05, 0.1) is 0 Å². The van der Waals surface area contributed by atoms with E-state index in [4.69, 9.17) is 0 Å². The van der Waals surface area contributed by atoms with E-state index in [-0.39, 0.29) is 0 Å². The molecule has 4 heteroatoms. The van der Waals surface area contributed by atoms with Gasteiger partial charge in [0, 0.05) is 18.0 Å². The first-order chi connectivity index (χ1) is 8.97. The number of aromatic nitrogens is 2. The zero-order valence-corrected chi connectivity index (χ0v) is 13.9. The Morgan fingerprint density at radius 3 is 2.68 bits per heavy atom. The number of nitrogens with one attached hydrogen (secondary N) is 1. The van der Waals surface area contributed by atoms with Crippen LogP contribution in [-0.4, -0.2) is 16.0 Å². The van der Waals surface area contributed by atoms with Crippen LogP contribution in [0.5, 0.6) is 0 Å². The Hall–Kier alpha value is -0.640. The first-order valence-electron chi connectivity index (χ1n) is 7.28. The minimum atomic E-state index is 0.348. The fourth-order valence-corrected chi connectivity index (χ4v) is 3.14. The molecule has 0 aliphatic heterocycles. The Kier molecular flexibility index (Phi) is 4.82. The number of halogens is 1. The summed E-state index contributed by atoms with van der Waals surface area (Å²) >= 11 is 3.48. The first-order valence-corrected chi connectivity index (χ1v) is 8.07. The average molecular weight is 326 g/mol. The molecule has 1 saturated carbocycles. The standard InChI is InChI=1S/C15H24BrN3/c1-9(2)15-18-13(16)8-14(19-15)17-12-7-5-6-10(3)11(12)4/h8-12H,5-7H2,1-4H3,(H,17,18,19). The van der Waals surface area contributed by atoms with E-state index in [2.05, 4.69) is 58.9 Å². The largest absolute Gasteiger partial charge is 0.367 e. The van der Waals surface area contributed by atoms with Gasteiger partial charge < -0.3 is 5.32 Å². The van der Waals surface area contributed by atoms with Crippen LogP contribution in [0.25, 0.3) is 0 Å². The summed E-state index contributed by atoms with van der Waals surface area (Å²) in [6.07, 6.45) is 3.90. The minimum absolute atomic E-state index is 0.348. The maximum absolute atomic E-state index is 4.63. The van der Waals surface area contributed by atoms with Crippen molar-refractivity contribution in [2.24, 2.45) is 11.8 Å². The molecule has 1 heterocycles. The summed E-state index contributed by atoms with van der Waals surface area (Å²) in [5.41, 5.74) is 0. The van der Waals surface area contributed by atoms with Crippen molar-refractivity contribution in [3.05, 3.63) is 16.5 Å². The summed E-state index contributed by atoms with van der Waals surface area (Å²) in [6, 6.07) is 2.52. The molecule has 1 aliphatic rings. The maximum Gasteiger partial charge on any atom is 0.134 e. The molecule has 0 bridgehead atoms. The van der Waals surface area contributed by atoms with Crippen molar-refractivity contribution in [1.29, 1.82) is 0 Å². The molecule has 1 aromatic rings. The fourth-order valence-electron chi connectivity index (χ4n) is 2.74. The van der Waals surface area contributed by atoms with Gasteiger partial charge in [-0.2, -0.15) is 0 Å². The highest BCUT2D eigenvalue weighted by Crippen LogP contribution is 2.31. The molecule has 106 valence electrons. The third-order valence-corrected chi connectivity index (χ3v) is 4.67. The summed E-state index contributed by atoms with van der Waals surface area (Å²) in [7, 11) is 0. The third kappa shape index (κ3) is 3.68. The Balaban J connectivity index is 2.14. The highest BCUT2D eigenvalue weighted by Gasteiger charge is 2.27. The van der Waals surface area contributed by atoms with E-state index in [0.29, 0.717) is 17.9 Å². The first kappa shape index (κ1) is 14.8. The maximum atomic E-state index is 4.63. The SMILES string of the molecule is CC(C)c1nc(Br)cc(NC2CCCC(C)C2C)n1. The summed E-state index contributed by atoms with van der Waals surface area (Å²) in [5, 5.41) is 3.62. The van der Waals surface area contributed by atoms with E-state index in [9.17, 15) is 0 Å². The van der Waals surface area contributed by atoms with E-state index in [1.807, 2.05) is 6.07 Å². The molecular formula is C15H24BrN3. The van der Waals surface area contributed by atoms with Crippen LogP contribution in [-0.2, 0) is 0 Å². The van der Waals surface area contributed by atoms with E-state index in [1.54, 1.807) is 0 Å². The van der Waals surface area contributed by atoms with Gasteiger partial charge in [0.2, 0.25) is 0 Å². The Bertz CT molecular complexity index is 433. The van der Waals surface area contributed by atoms with Gasteiger partial charge in [0.25, 0.3) is 0 Å². The quantitative estimate of drug-likeness (QED) is 0.825. The van der Waals surface area contributed by atoms with Crippen LogP contribution in [0.3, 0.4) is 0 Å². The molecule has 3 nitrogen and oxygen atoms in total. The van der Waals surface area contributed by atoms with Gasteiger partial charge in [0.15, 0.2) is 0 Å². The number of anilines is 1. The molecule has 1 aliphatic carbocycles. The zero-order chi connectivity index (χ0) is 14.0. The van der Waals surface area contributed by atoms with E-state index >= 15 is 0 Å². The lowest BCUT2D eigenvalue weighted by atomic mass is 9.78. The van der Waals surface area contributed by atoms with Gasteiger partial charge in [-0.15, -0.1) is 0 Å². The normalized spacial score (nSPS) is 27.6. The van der Waals surface area contributed by atoms with Crippen molar-refractivity contribution in [3.8, 4) is 0 Å². The number of hydrogen-bond acceptors (Lipinski definition) is 3. The van der Waals surface area contributed by atoms with E-state index in [1.165, 1.54) is 19.3 Å². The highest BCUT2D eigenvalue weighted by molar-refractivity contribution is 9.10. The van der Waals surface area contributed by atoms with Gasteiger partial charge in [0.1, 0.15) is 16.2 Å². The number of nitrogens with zero attached hydrogens (tertiary/aromatic N) is 2. The van der Waals surface area contributed by atoms with Crippen LogP contribution < -0.4 is 5.32 Å². The van der Waals surface area contributed by atoms with Crippen molar-refractivity contribution in [3.63, 3.8) is 0 Å². The van der Waals surface area contributed by atoms with Gasteiger partial charge in [-0.05, 0) is 34.2 Å². The molecule has 1 aromatic heterocycles. The van der Waals surface area contributed by atoms with Crippen LogP contribution in [0.15, 0.2) is 10.7 Å². The highest BCUT2D eigenvalue weighted by atomic mass is 79.9. The van der Waals surface area contributed by atoms with Crippen molar-refractivity contribution >= 4 is 21.7 Å². The second-order valence-corrected chi connectivity index (χ2v) is 6.92. The van der Waals surface area contributed by atoms with Gasteiger partial charge in [-0.3, -0.25) is 0 Å². The van der Waals surface area contributed by atoms with Crippen LogP contribution in [0, 0.1) is 11.8 Å². The fraction of sp³-hybridized carbons (Fsp3) is 0.733. The molecule has 0 radical (unpaired) electrons. The molecule has 3 unspecified atom stereocenters. The Morgan fingerprint density at radius 2 is 2.00 bits per heavy atom. The predicted molar refractivity (Wildman–Crippen MR) is 83.4 cm³/mol. The lowest BCUT2D eigenvalue weighted by molar-refractivity contribution is 0.253. The molecule has 0 amide bonds. The number of hydrogen-bond donors (Lipinski definition) is 1. The smallest absolute Gasteiger partial charge is 0.134 e. The van der Waals surface area contributed by atoms with Crippen LogP contribution in [0.4, 0.5) is 5.82 Å². The van der Waals surface area contributed by atoms with Gasteiger partial charge >= 0.3 is 0 Å². The summed E-state index contributed by atoms with van der Waals surface area (Å²) in [5.74, 6) is 3.69. The van der Waals surface area contributed by atoms with Gasteiger partial charge in [-0.25, -0.2) is 9.97 Å². The third-order valence-electron chi connectivity index (χ3n) is 4.27. The molecule has 1 N–H and O–H groups in total. The molecule has 3 atom stereocenters. The van der Waals surface area contributed by atoms with Gasteiger partial charge in [-0.1, -0.05) is 40.5 Å². The topological polar surface area (TPSA) is 37.8 Å². The second kappa shape index (κ2) is 6.21. The Labute approximate surface area is 124 Å². The average Bonchev–Trinajstić information content (AvgIpc) is 2.34. The minimum Gasteiger partial charge on any atom is -0.367 e. The second-order valence-electron chi connectivity index (χ2n) is 6.11. The molecule has 0 spiro atoms. The van der Waals surface area contributed by atoms with Crippen LogP contribution in [0.2, 0.25) is 0 Å².